The van der Waals surface area contributed by atoms with Crippen LogP contribution in [0.15, 0.2) is 28.9 Å². The van der Waals surface area contributed by atoms with Crippen LogP contribution in [0.5, 0.6) is 0 Å². The average Bonchev–Trinajstić information content (AvgIpc) is 3.27. The molecule has 0 radical (unpaired) electrons. The fourth-order valence-corrected chi connectivity index (χ4v) is 4.24. The first-order chi connectivity index (χ1) is 13.0. The van der Waals surface area contributed by atoms with Gasteiger partial charge in [-0.3, -0.25) is 9.59 Å². The first kappa shape index (κ1) is 18.0. The van der Waals surface area contributed by atoms with E-state index in [4.69, 9.17) is 16.1 Å². The predicted octanol–water partition coefficient (Wildman–Crippen LogP) is 3.29. The monoisotopic (exact) mass is 387 g/mol. The van der Waals surface area contributed by atoms with Gasteiger partial charge in [0, 0.05) is 24.0 Å². The zero-order chi connectivity index (χ0) is 19.0. The van der Waals surface area contributed by atoms with Gasteiger partial charge in [0.1, 0.15) is 11.3 Å². The molecule has 27 heavy (non-hydrogen) atoms. The highest BCUT2D eigenvalue weighted by atomic mass is 35.5. The van der Waals surface area contributed by atoms with Crippen molar-refractivity contribution in [2.45, 2.75) is 38.6 Å². The quantitative estimate of drug-likeness (QED) is 0.876. The van der Waals surface area contributed by atoms with Crippen molar-refractivity contribution >= 4 is 23.4 Å². The molecule has 2 aliphatic rings. The summed E-state index contributed by atoms with van der Waals surface area (Å²) in [5.41, 5.74) is 2.89. The SMILES string of the molecule is Cc1oncc1C(=O)N1CCC(C(=O)NC2CCc3cc(Cl)ccc32)CC1. The van der Waals surface area contributed by atoms with E-state index in [9.17, 15) is 9.59 Å². The van der Waals surface area contributed by atoms with Crippen LogP contribution in [0.3, 0.4) is 0 Å². The molecule has 0 bridgehead atoms. The Labute approximate surface area is 162 Å². The third-order valence-electron chi connectivity index (χ3n) is 5.63. The van der Waals surface area contributed by atoms with E-state index >= 15 is 0 Å². The highest BCUT2D eigenvalue weighted by Gasteiger charge is 2.31. The van der Waals surface area contributed by atoms with E-state index in [2.05, 4.69) is 10.5 Å². The number of fused-ring (bicyclic) bond motifs is 1. The molecule has 7 heteroatoms. The lowest BCUT2D eigenvalue weighted by Crippen LogP contribution is -2.43. The van der Waals surface area contributed by atoms with E-state index in [1.165, 1.54) is 17.3 Å². The smallest absolute Gasteiger partial charge is 0.259 e. The third kappa shape index (κ3) is 3.58. The molecule has 2 aromatic rings. The van der Waals surface area contributed by atoms with Gasteiger partial charge in [-0.2, -0.15) is 0 Å². The van der Waals surface area contributed by atoms with E-state index in [-0.39, 0.29) is 23.8 Å². The van der Waals surface area contributed by atoms with E-state index in [1.54, 1.807) is 11.8 Å². The summed E-state index contributed by atoms with van der Waals surface area (Å²) in [5.74, 6) is 0.471. The van der Waals surface area contributed by atoms with Gasteiger partial charge in [-0.05, 0) is 55.9 Å². The summed E-state index contributed by atoms with van der Waals surface area (Å²) in [4.78, 5) is 27.0. The van der Waals surface area contributed by atoms with Crippen LogP contribution in [-0.2, 0) is 11.2 Å². The summed E-state index contributed by atoms with van der Waals surface area (Å²) >= 11 is 6.06. The van der Waals surface area contributed by atoms with E-state index in [1.807, 2.05) is 18.2 Å². The molecule has 1 unspecified atom stereocenters. The highest BCUT2D eigenvalue weighted by Crippen LogP contribution is 2.33. The topological polar surface area (TPSA) is 75.4 Å². The number of amides is 2. The Morgan fingerprint density at radius 1 is 1.26 bits per heavy atom. The Balaban J connectivity index is 1.33. The lowest BCUT2D eigenvalue weighted by molar-refractivity contribution is -0.127. The van der Waals surface area contributed by atoms with Crippen molar-refractivity contribution in [1.29, 1.82) is 0 Å². The molecule has 1 aliphatic heterocycles. The van der Waals surface area contributed by atoms with Crippen molar-refractivity contribution in [2.24, 2.45) is 5.92 Å². The molecule has 2 amide bonds. The van der Waals surface area contributed by atoms with Gasteiger partial charge in [-0.15, -0.1) is 0 Å². The summed E-state index contributed by atoms with van der Waals surface area (Å²) in [6, 6.07) is 5.93. The van der Waals surface area contributed by atoms with Crippen LogP contribution in [-0.4, -0.2) is 35.0 Å². The van der Waals surface area contributed by atoms with Gasteiger partial charge in [-0.25, -0.2) is 0 Å². The number of hydrogen-bond donors (Lipinski definition) is 1. The summed E-state index contributed by atoms with van der Waals surface area (Å²) in [6.45, 7) is 2.86. The zero-order valence-corrected chi connectivity index (χ0v) is 16.0. The number of carbonyl (C=O) groups excluding carboxylic acids is 2. The zero-order valence-electron chi connectivity index (χ0n) is 15.2. The van der Waals surface area contributed by atoms with Crippen LogP contribution in [0.25, 0.3) is 0 Å². The number of nitrogens with zero attached hydrogens (tertiary/aromatic N) is 2. The molecular weight excluding hydrogens is 366 g/mol. The van der Waals surface area contributed by atoms with Gasteiger partial charge in [0.05, 0.1) is 12.2 Å². The number of nitrogens with one attached hydrogen (secondary N) is 1. The van der Waals surface area contributed by atoms with E-state index in [0.717, 1.165) is 17.9 Å². The number of aromatic nitrogens is 1. The van der Waals surface area contributed by atoms with Crippen LogP contribution in [0, 0.1) is 12.8 Å². The number of carbonyl (C=O) groups is 2. The minimum absolute atomic E-state index is 0.0593. The maximum absolute atomic E-state index is 12.7. The number of hydrogen-bond acceptors (Lipinski definition) is 4. The molecule has 1 atom stereocenters. The molecule has 1 saturated heterocycles. The lowest BCUT2D eigenvalue weighted by Gasteiger charge is -2.31. The van der Waals surface area contributed by atoms with Crippen molar-refractivity contribution in [3.63, 3.8) is 0 Å². The number of piperidine rings is 1. The highest BCUT2D eigenvalue weighted by molar-refractivity contribution is 6.30. The largest absolute Gasteiger partial charge is 0.361 e. The number of likely N-dealkylation sites (tertiary alicyclic amines) is 1. The average molecular weight is 388 g/mol. The van der Waals surface area contributed by atoms with Crippen LogP contribution in [0.1, 0.15) is 52.5 Å². The standard InChI is InChI=1S/C20H22ClN3O3/c1-12-17(11-22-27-12)20(26)24-8-6-13(7-9-24)19(25)23-18-5-2-14-10-15(21)3-4-16(14)18/h3-4,10-11,13,18H,2,5-9H2,1H3,(H,23,25). The maximum Gasteiger partial charge on any atom is 0.259 e. The Bertz CT molecular complexity index is 871. The normalized spacial score (nSPS) is 19.8. The molecule has 142 valence electrons. The van der Waals surface area contributed by atoms with E-state index < -0.39 is 0 Å². The second kappa shape index (κ2) is 7.35. The third-order valence-corrected chi connectivity index (χ3v) is 5.87. The molecule has 1 aromatic heterocycles. The molecule has 1 fully saturated rings. The van der Waals surface area contributed by atoms with Gasteiger partial charge >= 0.3 is 0 Å². The lowest BCUT2D eigenvalue weighted by atomic mass is 9.94. The molecule has 0 saturated carbocycles. The molecule has 1 aliphatic carbocycles. The minimum Gasteiger partial charge on any atom is -0.361 e. The molecule has 0 spiro atoms. The summed E-state index contributed by atoms with van der Waals surface area (Å²) in [5, 5.41) is 7.60. The Hall–Kier alpha value is -2.34. The van der Waals surface area contributed by atoms with E-state index in [0.29, 0.717) is 37.3 Å². The van der Waals surface area contributed by atoms with Gasteiger partial charge in [0.2, 0.25) is 5.91 Å². The first-order valence-electron chi connectivity index (χ1n) is 9.32. The molecule has 4 rings (SSSR count). The van der Waals surface area contributed by atoms with Crippen molar-refractivity contribution in [2.75, 3.05) is 13.1 Å². The van der Waals surface area contributed by atoms with Crippen LogP contribution in [0.4, 0.5) is 0 Å². The Morgan fingerprint density at radius 2 is 2.04 bits per heavy atom. The van der Waals surface area contributed by atoms with Crippen LogP contribution < -0.4 is 5.32 Å². The van der Waals surface area contributed by atoms with Gasteiger partial charge in [0.15, 0.2) is 0 Å². The van der Waals surface area contributed by atoms with Crippen LogP contribution in [0.2, 0.25) is 5.02 Å². The second-order valence-electron chi connectivity index (χ2n) is 7.31. The molecule has 1 aromatic carbocycles. The summed E-state index contributed by atoms with van der Waals surface area (Å²) < 4.78 is 4.98. The molecule has 1 N–H and O–H groups in total. The van der Waals surface area contributed by atoms with Gasteiger partial charge in [0.25, 0.3) is 5.91 Å². The summed E-state index contributed by atoms with van der Waals surface area (Å²) in [6.07, 6.45) is 4.64. The van der Waals surface area contributed by atoms with Crippen molar-refractivity contribution < 1.29 is 14.1 Å². The van der Waals surface area contributed by atoms with Crippen LogP contribution >= 0.6 is 11.6 Å². The predicted molar refractivity (Wildman–Crippen MR) is 101 cm³/mol. The molecule has 2 heterocycles. The van der Waals surface area contributed by atoms with Crippen molar-refractivity contribution in [1.82, 2.24) is 15.4 Å². The number of rotatable bonds is 3. The Kier molecular flexibility index (Phi) is 4.91. The fraction of sp³-hybridized carbons (Fsp3) is 0.450. The Morgan fingerprint density at radius 3 is 2.74 bits per heavy atom. The second-order valence-corrected chi connectivity index (χ2v) is 7.74. The van der Waals surface area contributed by atoms with Gasteiger partial charge < -0.3 is 14.7 Å². The molecule has 6 nitrogen and oxygen atoms in total. The maximum atomic E-state index is 12.7. The number of halogens is 1. The minimum atomic E-state index is -0.0748. The molecular formula is C20H22ClN3O3. The van der Waals surface area contributed by atoms with Crippen molar-refractivity contribution in [3.05, 3.63) is 51.9 Å². The van der Waals surface area contributed by atoms with Crippen molar-refractivity contribution in [3.8, 4) is 0 Å². The first-order valence-corrected chi connectivity index (χ1v) is 9.70. The fourth-order valence-electron chi connectivity index (χ4n) is 4.04. The van der Waals surface area contributed by atoms with Gasteiger partial charge in [-0.1, -0.05) is 22.8 Å². The number of benzene rings is 1. The summed E-state index contributed by atoms with van der Waals surface area (Å²) in [7, 11) is 0. The number of aryl methyl sites for hydroxylation is 2.